The molecule has 2 aliphatic carbocycles. The van der Waals surface area contributed by atoms with Gasteiger partial charge in [-0.05, 0) is 80.0 Å². The predicted molar refractivity (Wildman–Crippen MR) is 204 cm³/mol. The van der Waals surface area contributed by atoms with Gasteiger partial charge in [0.25, 0.3) is 5.91 Å². The van der Waals surface area contributed by atoms with E-state index in [-0.39, 0.29) is 31.2 Å². The SMILES string of the molecule is COc1ccc2c(O[C@@H]3C[C@H]4C(=O)N[C@]5(C(=O)NS(=O)(=O)C6CC6)C[C@H]5/C=C\CC[C@H](C)C[C@@H](C)[C@H](NC(=O)O)C(=O)N4C3)nc(-c3ccccc3)cc2c1. The molecule has 1 saturated heterocycles. The van der Waals surface area contributed by atoms with E-state index in [2.05, 4.69) is 15.4 Å². The lowest BCUT2D eigenvalue weighted by molar-refractivity contribution is -0.142. The van der Waals surface area contributed by atoms with E-state index in [1.807, 2.05) is 74.5 Å². The number of carbonyl (C=O) groups excluding carboxylic acids is 3. The second-order valence-corrected chi connectivity index (χ2v) is 17.4. The van der Waals surface area contributed by atoms with E-state index in [0.717, 1.165) is 17.4 Å². The molecule has 7 atom stereocenters. The van der Waals surface area contributed by atoms with Crippen LogP contribution in [0.3, 0.4) is 0 Å². The maximum absolute atomic E-state index is 14.5. The van der Waals surface area contributed by atoms with Gasteiger partial charge in [-0.2, -0.15) is 0 Å². The monoisotopic (exact) mass is 773 g/mol. The van der Waals surface area contributed by atoms with Crippen molar-refractivity contribution < 1.29 is 42.2 Å². The van der Waals surface area contributed by atoms with Crippen LogP contribution in [0.15, 0.2) is 66.7 Å². The lowest BCUT2D eigenvalue weighted by atomic mass is 9.88. The van der Waals surface area contributed by atoms with Crippen molar-refractivity contribution in [1.29, 1.82) is 0 Å². The van der Waals surface area contributed by atoms with E-state index in [1.165, 1.54) is 4.90 Å². The van der Waals surface area contributed by atoms with Crippen molar-refractivity contribution >= 4 is 44.6 Å². The Morgan fingerprint density at radius 1 is 1.04 bits per heavy atom. The second-order valence-electron chi connectivity index (χ2n) is 15.4. The minimum atomic E-state index is -3.92. The highest BCUT2D eigenvalue weighted by Crippen LogP contribution is 2.46. The molecule has 2 aliphatic heterocycles. The molecule has 2 aromatic carbocycles. The molecule has 3 fully saturated rings. The Hall–Kier alpha value is -5.18. The summed E-state index contributed by atoms with van der Waals surface area (Å²) in [6.07, 6.45) is 4.66. The Balaban J connectivity index is 1.25. The van der Waals surface area contributed by atoms with Crippen LogP contribution in [0, 0.1) is 17.8 Å². The number of ether oxygens (including phenoxy) is 2. The molecule has 14 nitrogen and oxygen atoms in total. The Morgan fingerprint density at radius 3 is 2.51 bits per heavy atom. The molecule has 0 bridgehead atoms. The lowest BCUT2D eigenvalue weighted by Crippen LogP contribution is -2.59. The van der Waals surface area contributed by atoms with Crippen molar-refractivity contribution in [3.63, 3.8) is 0 Å². The van der Waals surface area contributed by atoms with Gasteiger partial charge in [0.1, 0.15) is 29.5 Å². The van der Waals surface area contributed by atoms with E-state index >= 15 is 0 Å². The molecule has 2 saturated carbocycles. The van der Waals surface area contributed by atoms with Crippen LogP contribution in [0.5, 0.6) is 11.6 Å². The zero-order valence-corrected chi connectivity index (χ0v) is 31.9. The first kappa shape index (κ1) is 38.1. The zero-order valence-electron chi connectivity index (χ0n) is 31.1. The Labute approximate surface area is 320 Å². The first-order valence-corrected chi connectivity index (χ1v) is 20.4. The summed E-state index contributed by atoms with van der Waals surface area (Å²) in [6, 6.07) is 14.6. The second kappa shape index (κ2) is 15.2. The first-order chi connectivity index (χ1) is 26.3. The molecule has 55 heavy (non-hydrogen) atoms. The fourth-order valence-electron chi connectivity index (χ4n) is 7.97. The number of methoxy groups -OCH3 is 1. The number of nitrogens with one attached hydrogen (secondary N) is 3. The fraction of sp³-hybridized carbons (Fsp3) is 0.475. The van der Waals surface area contributed by atoms with Gasteiger partial charge in [0.15, 0.2) is 0 Å². The molecule has 4 aliphatic rings. The van der Waals surface area contributed by atoms with Gasteiger partial charge in [-0.15, -0.1) is 0 Å². The largest absolute Gasteiger partial charge is 0.497 e. The molecule has 292 valence electrons. The van der Waals surface area contributed by atoms with Crippen LogP contribution in [0.25, 0.3) is 22.0 Å². The van der Waals surface area contributed by atoms with Crippen molar-refractivity contribution in [1.82, 2.24) is 25.2 Å². The van der Waals surface area contributed by atoms with Crippen LogP contribution in [0.1, 0.15) is 58.8 Å². The molecular formula is C40H47N5O9S. The molecule has 1 aromatic heterocycles. The number of benzene rings is 2. The number of allylic oxidation sites excluding steroid dienone is 1. The summed E-state index contributed by atoms with van der Waals surface area (Å²) in [5, 5.41) is 15.9. The van der Waals surface area contributed by atoms with E-state index in [9.17, 15) is 32.7 Å². The summed E-state index contributed by atoms with van der Waals surface area (Å²) in [5.41, 5.74) is -0.0626. The summed E-state index contributed by atoms with van der Waals surface area (Å²) < 4.78 is 40.0. The van der Waals surface area contributed by atoms with Crippen LogP contribution in [0.2, 0.25) is 0 Å². The normalized spacial score (nSPS) is 29.1. The van der Waals surface area contributed by atoms with Crippen molar-refractivity contribution in [3.05, 3.63) is 66.7 Å². The third-order valence-corrected chi connectivity index (χ3v) is 13.1. The number of hydrogen-bond donors (Lipinski definition) is 4. The van der Waals surface area contributed by atoms with Crippen molar-refractivity contribution in [2.45, 2.75) is 87.8 Å². The third kappa shape index (κ3) is 8.12. The van der Waals surface area contributed by atoms with Gasteiger partial charge in [0, 0.05) is 23.3 Å². The predicted octanol–water partition coefficient (Wildman–Crippen LogP) is 4.39. The quantitative estimate of drug-likeness (QED) is 0.239. The summed E-state index contributed by atoms with van der Waals surface area (Å²) in [6.45, 7) is 3.77. The summed E-state index contributed by atoms with van der Waals surface area (Å²) in [4.78, 5) is 61.0. The standard InChI is InChI=1S/C40H47N5O9S/c1-23-9-7-8-12-27-21-40(27,38(48)44-55(51,52)30-14-15-30)43-35(46)33-20-29(22-45(33)37(47)34(24(2)17-23)42-39(49)50)54-36-31-16-13-28(53-3)18-26(31)19-32(41-36)25-10-5-4-6-11-25/h4-6,8,10-13,16,18-19,23-24,27,29-30,33-34,42H,7,9,14-15,17,20-22H2,1-3H3,(H,43,46)(H,44,48)(H,49,50)/b12-8-/t23-,24+,27+,29+,33-,34-,40+/m0/s1. The highest BCUT2D eigenvalue weighted by Gasteiger charge is 2.62. The number of carbonyl (C=O) groups is 4. The molecule has 3 aromatic rings. The van der Waals surface area contributed by atoms with E-state index in [1.54, 1.807) is 13.2 Å². The number of nitrogens with zero attached hydrogens (tertiary/aromatic N) is 2. The number of amides is 4. The topological polar surface area (TPSA) is 193 Å². The van der Waals surface area contributed by atoms with E-state index in [4.69, 9.17) is 14.5 Å². The zero-order chi connectivity index (χ0) is 39.1. The molecule has 0 radical (unpaired) electrons. The average molecular weight is 774 g/mol. The van der Waals surface area contributed by atoms with Crippen LogP contribution < -0.4 is 24.8 Å². The van der Waals surface area contributed by atoms with Gasteiger partial charge in [-0.25, -0.2) is 18.2 Å². The van der Waals surface area contributed by atoms with Crippen molar-refractivity contribution in [2.75, 3.05) is 13.7 Å². The van der Waals surface area contributed by atoms with Gasteiger partial charge in [-0.1, -0.05) is 56.3 Å². The van der Waals surface area contributed by atoms with Crippen LogP contribution in [-0.2, 0) is 24.4 Å². The first-order valence-electron chi connectivity index (χ1n) is 18.8. The highest BCUT2D eigenvalue weighted by molar-refractivity contribution is 7.91. The van der Waals surface area contributed by atoms with Crippen LogP contribution in [0.4, 0.5) is 4.79 Å². The molecular weight excluding hydrogens is 727 g/mol. The maximum Gasteiger partial charge on any atom is 0.405 e. The van der Waals surface area contributed by atoms with Crippen LogP contribution >= 0.6 is 0 Å². The third-order valence-electron chi connectivity index (χ3n) is 11.2. The molecule has 7 rings (SSSR count). The van der Waals surface area contributed by atoms with Crippen LogP contribution in [-0.4, -0.2) is 89.9 Å². The average Bonchev–Trinajstić information content (AvgIpc) is 4.08. The summed E-state index contributed by atoms with van der Waals surface area (Å²) >= 11 is 0. The number of hydrogen-bond acceptors (Lipinski definition) is 9. The Bertz CT molecular complexity index is 2130. The minimum absolute atomic E-state index is 0.00435. The number of sulfonamides is 1. The smallest absolute Gasteiger partial charge is 0.405 e. The summed E-state index contributed by atoms with van der Waals surface area (Å²) in [5.74, 6) is -1.93. The number of rotatable bonds is 8. The fourth-order valence-corrected chi connectivity index (χ4v) is 9.33. The number of pyridine rings is 1. The highest BCUT2D eigenvalue weighted by atomic mass is 32.2. The number of aromatic nitrogens is 1. The Kier molecular flexibility index (Phi) is 10.5. The summed E-state index contributed by atoms with van der Waals surface area (Å²) in [7, 11) is -2.34. The molecule has 0 unspecified atom stereocenters. The van der Waals surface area contributed by atoms with Gasteiger partial charge in [-0.3, -0.25) is 19.1 Å². The van der Waals surface area contributed by atoms with Crippen molar-refractivity contribution in [3.8, 4) is 22.9 Å². The van der Waals surface area contributed by atoms with Gasteiger partial charge >= 0.3 is 6.09 Å². The molecule has 15 heteroatoms. The molecule has 4 amide bonds. The minimum Gasteiger partial charge on any atom is -0.497 e. The lowest BCUT2D eigenvalue weighted by Gasteiger charge is -2.32. The van der Waals surface area contributed by atoms with E-state index in [0.29, 0.717) is 42.5 Å². The molecule has 0 spiro atoms. The number of carboxylic acid groups (broad SMARTS) is 1. The molecule has 4 N–H and O–H groups in total. The maximum atomic E-state index is 14.5. The van der Waals surface area contributed by atoms with Gasteiger partial charge in [0.2, 0.25) is 27.7 Å². The van der Waals surface area contributed by atoms with E-state index < -0.39 is 74.7 Å². The molecule has 3 heterocycles. The van der Waals surface area contributed by atoms with Gasteiger partial charge in [0.05, 0.1) is 24.6 Å². The van der Waals surface area contributed by atoms with Gasteiger partial charge < -0.3 is 30.1 Å². The Morgan fingerprint density at radius 2 is 1.80 bits per heavy atom. The van der Waals surface area contributed by atoms with Crippen molar-refractivity contribution in [2.24, 2.45) is 17.8 Å². The number of fused-ring (bicyclic) bond motifs is 3.